The van der Waals surface area contributed by atoms with Crippen molar-refractivity contribution in [2.24, 2.45) is 5.73 Å². The molecule has 0 aromatic heterocycles. The minimum absolute atomic E-state index is 0.134. The van der Waals surface area contributed by atoms with Gasteiger partial charge < -0.3 is 10.5 Å². The van der Waals surface area contributed by atoms with Crippen LogP contribution in [0.3, 0.4) is 0 Å². The molecule has 0 aliphatic heterocycles. The van der Waals surface area contributed by atoms with E-state index in [4.69, 9.17) is 10.5 Å². The lowest BCUT2D eigenvalue weighted by Crippen LogP contribution is -2.14. The molecular formula is C30H35NO. The molecule has 1 unspecified atom stereocenters. The monoisotopic (exact) mass is 425 g/mol. The van der Waals surface area contributed by atoms with E-state index >= 15 is 0 Å². The van der Waals surface area contributed by atoms with Gasteiger partial charge in [0.15, 0.2) is 0 Å². The Morgan fingerprint density at radius 3 is 2.25 bits per heavy atom. The molecule has 1 aliphatic rings. The third-order valence-electron chi connectivity index (χ3n) is 5.75. The van der Waals surface area contributed by atoms with Gasteiger partial charge in [0.25, 0.3) is 0 Å². The van der Waals surface area contributed by atoms with Gasteiger partial charge in [-0.2, -0.15) is 0 Å². The molecular weight excluding hydrogens is 390 g/mol. The van der Waals surface area contributed by atoms with Crippen LogP contribution in [0.1, 0.15) is 63.3 Å². The van der Waals surface area contributed by atoms with Gasteiger partial charge in [0.05, 0.1) is 0 Å². The van der Waals surface area contributed by atoms with Gasteiger partial charge in [0.1, 0.15) is 11.9 Å². The number of nitrogens with two attached hydrogens (primary N) is 1. The van der Waals surface area contributed by atoms with Crippen molar-refractivity contribution >= 4 is 16.8 Å². The largest absolute Gasteiger partial charge is 0.481 e. The summed E-state index contributed by atoms with van der Waals surface area (Å²) in [4.78, 5) is 0. The fraction of sp³-hybridized carbons (Fsp3) is 0.267. The first kappa shape index (κ1) is 23.4. The van der Waals surface area contributed by atoms with E-state index in [-0.39, 0.29) is 6.10 Å². The summed E-state index contributed by atoms with van der Waals surface area (Å²) >= 11 is 0. The van der Waals surface area contributed by atoms with Gasteiger partial charge >= 0.3 is 0 Å². The third-order valence-corrected chi connectivity index (χ3v) is 5.75. The first-order valence-corrected chi connectivity index (χ1v) is 11.7. The van der Waals surface area contributed by atoms with E-state index in [1.165, 1.54) is 22.1 Å². The SMILES string of the molecule is C/C=C\c1cc(OC(C2=CC=C(N)CC2)c2ccccc2)c2ccccc2c1CC.CC. The van der Waals surface area contributed by atoms with Crippen molar-refractivity contribution in [3.63, 3.8) is 0 Å². The van der Waals surface area contributed by atoms with Gasteiger partial charge in [-0.1, -0.05) is 93.6 Å². The normalized spacial score (nSPS) is 14.4. The molecule has 2 N–H and O–H groups in total. The van der Waals surface area contributed by atoms with E-state index < -0.39 is 0 Å². The quantitative estimate of drug-likeness (QED) is 0.432. The number of allylic oxidation sites excluding steroid dienone is 4. The van der Waals surface area contributed by atoms with Gasteiger partial charge in [0.2, 0.25) is 0 Å². The number of hydrogen-bond donors (Lipinski definition) is 1. The maximum absolute atomic E-state index is 6.80. The zero-order valence-electron chi connectivity index (χ0n) is 19.8. The molecule has 0 amide bonds. The molecule has 3 aromatic carbocycles. The van der Waals surface area contributed by atoms with Crippen LogP contribution < -0.4 is 10.5 Å². The van der Waals surface area contributed by atoms with E-state index in [9.17, 15) is 0 Å². The Morgan fingerprint density at radius 2 is 1.62 bits per heavy atom. The molecule has 32 heavy (non-hydrogen) atoms. The Morgan fingerprint density at radius 1 is 0.938 bits per heavy atom. The van der Waals surface area contributed by atoms with Gasteiger partial charge in [-0.3, -0.25) is 0 Å². The highest BCUT2D eigenvalue weighted by Crippen LogP contribution is 2.38. The van der Waals surface area contributed by atoms with Crippen LogP contribution in [0, 0.1) is 0 Å². The maximum atomic E-state index is 6.80. The topological polar surface area (TPSA) is 35.2 Å². The number of rotatable bonds is 6. The van der Waals surface area contributed by atoms with E-state index in [0.29, 0.717) is 0 Å². The summed E-state index contributed by atoms with van der Waals surface area (Å²) < 4.78 is 6.80. The molecule has 2 heteroatoms. The van der Waals surface area contributed by atoms with Crippen LogP contribution >= 0.6 is 0 Å². The van der Waals surface area contributed by atoms with Crippen LogP contribution in [0.4, 0.5) is 0 Å². The zero-order valence-corrected chi connectivity index (χ0v) is 19.8. The van der Waals surface area contributed by atoms with E-state index in [0.717, 1.165) is 41.7 Å². The standard InChI is InChI=1S/C28H29NO.C2H6/c1-3-10-22-19-27(26-14-9-8-13-25(26)24(22)4-2)30-28(20-11-6-5-7-12-20)21-15-17-23(29)18-16-21;1-2/h3,5-15,17,19,28H,4,16,18,29H2,1-2H3;1-2H3/b10-3-;. The van der Waals surface area contributed by atoms with Crippen molar-refractivity contribution in [2.75, 3.05) is 0 Å². The lowest BCUT2D eigenvalue weighted by molar-refractivity contribution is 0.240. The van der Waals surface area contributed by atoms with Gasteiger partial charge in [-0.15, -0.1) is 0 Å². The summed E-state index contributed by atoms with van der Waals surface area (Å²) in [5, 5.41) is 2.43. The van der Waals surface area contributed by atoms with Crippen molar-refractivity contribution < 1.29 is 4.74 Å². The molecule has 0 bridgehead atoms. The maximum Gasteiger partial charge on any atom is 0.145 e. The average Bonchev–Trinajstić information content (AvgIpc) is 2.85. The van der Waals surface area contributed by atoms with Crippen molar-refractivity contribution in [3.05, 3.63) is 107 Å². The molecule has 0 saturated carbocycles. The second-order valence-electron chi connectivity index (χ2n) is 7.73. The van der Waals surface area contributed by atoms with Crippen molar-refractivity contribution in [3.8, 4) is 5.75 Å². The van der Waals surface area contributed by atoms with Crippen molar-refractivity contribution in [1.82, 2.24) is 0 Å². The highest BCUT2D eigenvalue weighted by Gasteiger charge is 2.22. The molecule has 0 saturated heterocycles. The molecule has 1 aliphatic carbocycles. The molecule has 166 valence electrons. The third kappa shape index (κ3) is 5.13. The van der Waals surface area contributed by atoms with Gasteiger partial charge in [-0.25, -0.2) is 0 Å². The highest BCUT2D eigenvalue weighted by molar-refractivity contribution is 5.94. The van der Waals surface area contributed by atoms with Crippen LogP contribution in [0.5, 0.6) is 5.75 Å². The molecule has 4 rings (SSSR count). The molecule has 1 atom stereocenters. The number of hydrogen-bond acceptors (Lipinski definition) is 2. The van der Waals surface area contributed by atoms with Crippen LogP contribution in [0.25, 0.3) is 16.8 Å². The summed E-state index contributed by atoms with van der Waals surface area (Å²) in [5.74, 6) is 0.924. The summed E-state index contributed by atoms with van der Waals surface area (Å²) in [7, 11) is 0. The highest BCUT2D eigenvalue weighted by atomic mass is 16.5. The lowest BCUT2D eigenvalue weighted by Gasteiger charge is -2.26. The second kappa shape index (κ2) is 11.4. The van der Waals surface area contributed by atoms with Crippen LogP contribution in [-0.2, 0) is 6.42 Å². The smallest absolute Gasteiger partial charge is 0.145 e. The van der Waals surface area contributed by atoms with Gasteiger partial charge in [0, 0.05) is 11.1 Å². The van der Waals surface area contributed by atoms with Crippen LogP contribution in [0.2, 0.25) is 0 Å². The minimum atomic E-state index is -0.134. The minimum Gasteiger partial charge on any atom is -0.481 e. The van der Waals surface area contributed by atoms with Crippen LogP contribution in [0.15, 0.2) is 90.2 Å². The van der Waals surface area contributed by atoms with Gasteiger partial charge in [-0.05, 0) is 66.0 Å². The molecule has 2 nitrogen and oxygen atoms in total. The molecule has 0 spiro atoms. The zero-order chi connectivity index (χ0) is 22.9. The summed E-state index contributed by atoms with van der Waals surface area (Å²) in [6, 6.07) is 21.2. The predicted molar refractivity (Wildman–Crippen MR) is 139 cm³/mol. The summed E-state index contributed by atoms with van der Waals surface area (Å²) in [5.41, 5.74) is 11.9. The number of ether oxygens (including phenoxy) is 1. The molecule has 3 aromatic rings. The lowest BCUT2D eigenvalue weighted by atomic mass is 9.92. The first-order valence-electron chi connectivity index (χ1n) is 11.7. The van der Waals surface area contributed by atoms with E-state index in [2.05, 4.69) is 86.7 Å². The Hall–Kier alpha value is -3.26. The number of benzene rings is 3. The van der Waals surface area contributed by atoms with Crippen molar-refractivity contribution in [1.29, 1.82) is 0 Å². The van der Waals surface area contributed by atoms with Crippen molar-refractivity contribution in [2.45, 2.75) is 53.1 Å². The first-order chi connectivity index (χ1) is 15.7. The molecule has 0 heterocycles. The number of fused-ring (bicyclic) bond motifs is 1. The Bertz CT molecular complexity index is 1120. The molecule has 0 fully saturated rings. The fourth-order valence-corrected chi connectivity index (χ4v) is 4.24. The van der Waals surface area contributed by atoms with E-state index in [1.54, 1.807) is 0 Å². The number of aryl methyl sites for hydroxylation is 1. The summed E-state index contributed by atoms with van der Waals surface area (Å²) in [6.07, 6.45) is 11.1. The fourth-order valence-electron chi connectivity index (χ4n) is 4.24. The average molecular weight is 426 g/mol. The van der Waals surface area contributed by atoms with Crippen LogP contribution in [-0.4, -0.2) is 0 Å². The van der Waals surface area contributed by atoms with E-state index in [1.807, 2.05) is 26.0 Å². The Kier molecular flexibility index (Phi) is 8.33. The second-order valence-corrected chi connectivity index (χ2v) is 7.73. The summed E-state index contributed by atoms with van der Waals surface area (Å²) in [6.45, 7) is 8.27. The predicted octanol–water partition coefficient (Wildman–Crippen LogP) is 8.14. The Labute approximate surface area is 193 Å². The molecule has 0 radical (unpaired) electrons. The Balaban J connectivity index is 0.00000141.